The molecule has 0 aliphatic carbocycles. The molecule has 0 radical (unpaired) electrons. The van der Waals surface area contributed by atoms with E-state index in [2.05, 4.69) is 25.9 Å². The number of nitrogen functional groups attached to an aromatic ring is 1. The molecule has 0 bridgehead atoms. The van der Waals surface area contributed by atoms with Gasteiger partial charge in [-0.1, -0.05) is 20.8 Å². The van der Waals surface area contributed by atoms with Gasteiger partial charge < -0.3 is 5.73 Å². The summed E-state index contributed by atoms with van der Waals surface area (Å²) in [6.45, 7) is 9.58. The average molecular weight is 213 g/mol. The summed E-state index contributed by atoms with van der Waals surface area (Å²) in [5.41, 5.74) is 6.72. The molecule has 0 amide bonds. The molecule has 1 rings (SSSR count). The molecule has 0 spiro atoms. The molecule has 4 heteroatoms. The van der Waals surface area contributed by atoms with Gasteiger partial charge >= 0.3 is 0 Å². The summed E-state index contributed by atoms with van der Waals surface area (Å²) >= 11 is 1.94. The number of hydrogen-bond acceptors (Lipinski definition) is 3. The molecule has 0 fully saturated rings. The Balaban J connectivity index is 2.39. The van der Waals surface area contributed by atoms with Crippen LogP contribution in [0, 0.1) is 6.92 Å². The van der Waals surface area contributed by atoms with E-state index in [4.69, 9.17) is 5.73 Å². The van der Waals surface area contributed by atoms with Gasteiger partial charge in [0.25, 0.3) is 0 Å². The summed E-state index contributed by atoms with van der Waals surface area (Å²) in [6, 6.07) is 0. The van der Waals surface area contributed by atoms with Crippen molar-refractivity contribution in [3.8, 4) is 0 Å². The van der Waals surface area contributed by atoms with E-state index in [0.717, 1.165) is 17.9 Å². The van der Waals surface area contributed by atoms with Crippen LogP contribution in [0.4, 0.5) is 5.82 Å². The van der Waals surface area contributed by atoms with Crippen LogP contribution in [0.2, 0.25) is 0 Å². The monoisotopic (exact) mass is 213 g/mol. The molecule has 1 aromatic heterocycles. The molecule has 0 aliphatic heterocycles. The van der Waals surface area contributed by atoms with Gasteiger partial charge in [-0.25, -0.2) is 0 Å². The van der Waals surface area contributed by atoms with E-state index in [1.54, 1.807) is 0 Å². The number of nitrogens with zero attached hydrogens (tertiary/aromatic N) is 2. The quantitative estimate of drug-likeness (QED) is 0.838. The van der Waals surface area contributed by atoms with Crippen LogP contribution >= 0.6 is 11.8 Å². The fourth-order valence-corrected chi connectivity index (χ4v) is 1.99. The third-order valence-electron chi connectivity index (χ3n) is 1.84. The summed E-state index contributed by atoms with van der Waals surface area (Å²) in [6.07, 6.45) is 2.00. The molecule has 0 aromatic carbocycles. The Morgan fingerprint density at radius 1 is 1.50 bits per heavy atom. The lowest BCUT2D eigenvalue weighted by molar-refractivity contribution is 0.665. The highest BCUT2D eigenvalue weighted by molar-refractivity contribution is 8.00. The molecule has 2 N–H and O–H groups in total. The fourth-order valence-electron chi connectivity index (χ4n) is 1.10. The second kappa shape index (κ2) is 4.26. The van der Waals surface area contributed by atoms with Gasteiger partial charge in [0.15, 0.2) is 0 Å². The first-order valence-corrected chi connectivity index (χ1v) is 5.80. The first-order valence-electron chi connectivity index (χ1n) is 4.82. The van der Waals surface area contributed by atoms with E-state index < -0.39 is 0 Å². The number of aromatic nitrogens is 2. The highest BCUT2D eigenvalue weighted by atomic mass is 32.2. The molecule has 0 saturated heterocycles. The van der Waals surface area contributed by atoms with Crippen molar-refractivity contribution in [3.05, 3.63) is 11.8 Å². The standard InChI is InChI=1S/C10H19N3S/c1-8-7-13(12-9(8)11)5-6-14-10(2,3)4/h7H,5-6H2,1-4H3,(H2,11,12). The number of thioether (sulfide) groups is 1. The lowest BCUT2D eigenvalue weighted by atomic mass is 10.3. The molecule has 0 saturated carbocycles. The molecular weight excluding hydrogens is 194 g/mol. The second-order valence-corrected chi connectivity index (χ2v) is 6.34. The van der Waals surface area contributed by atoms with Gasteiger partial charge in [0, 0.05) is 22.3 Å². The van der Waals surface area contributed by atoms with Gasteiger partial charge in [-0.2, -0.15) is 16.9 Å². The first kappa shape index (κ1) is 11.4. The average Bonchev–Trinajstić information content (AvgIpc) is 2.28. The van der Waals surface area contributed by atoms with Crippen LogP contribution in [0.1, 0.15) is 26.3 Å². The smallest absolute Gasteiger partial charge is 0.148 e. The molecule has 80 valence electrons. The minimum Gasteiger partial charge on any atom is -0.382 e. The van der Waals surface area contributed by atoms with Crippen LogP contribution in [0.3, 0.4) is 0 Å². The summed E-state index contributed by atoms with van der Waals surface area (Å²) in [7, 11) is 0. The lowest BCUT2D eigenvalue weighted by Crippen LogP contribution is -2.11. The minimum absolute atomic E-state index is 0.327. The predicted octanol–water partition coefficient (Wildman–Crippen LogP) is 2.31. The molecule has 1 aromatic rings. The van der Waals surface area contributed by atoms with Gasteiger partial charge in [-0.05, 0) is 6.92 Å². The van der Waals surface area contributed by atoms with Crippen LogP contribution in [-0.4, -0.2) is 20.3 Å². The SMILES string of the molecule is Cc1cn(CCSC(C)(C)C)nc1N. The maximum absolute atomic E-state index is 5.66. The van der Waals surface area contributed by atoms with Crippen LogP contribution < -0.4 is 5.73 Å². The normalized spacial score (nSPS) is 12.0. The number of anilines is 1. The summed E-state index contributed by atoms with van der Waals surface area (Å²) in [5.74, 6) is 1.72. The summed E-state index contributed by atoms with van der Waals surface area (Å²) in [5, 5.41) is 4.21. The highest BCUT2D eigenvalue weighted by Gasteiger charge is 2.10. The molecule has 1 heterocycles. The van der Waals surface area contributed by atoms with Gasteiger partial charge in [0.1, 0.15) is 5.82 Å². The number of aryl methyl sites for hydroxylation is 2. The lowest BCUT2D eigenvalue weighted by Gasteiger charge is -2.17. The van der Waals surface area contributed by atoms with Crippen molar-refractivity contribution in [2.75, 3.05) is 11.5 Å². The van der Waals surface area contributed by atoms with Crippen molar-refractivity contribution >= 4 is 17.6 Å². The van der Waals surface area contributed by atoms with E-state index in [-0.39, 0.29) is 0 Å². The third kappa shape index (κ3) is 3.62. The second-order valence-electron chi connectivity index (χ2n) is 4.42. The predicted molar refractivity (Wildman–Crippen MR) is 63.6 cm³/mol. The zero-order valence-corrected chi connectivity index (χ0v) is 10.2. The van der Waals surface area contributed by atoms with Crippen LogP contribution in [-0.2, 0) is 6.54 Å². The van der Waals surface area contributed by atoms with Crippen LogP contribution in [0.5, 0.6) is 0 Å². The Labute approximate surface area is 90.1 Å². The Kier molecular flexibility index (Phi) is 3.48. The van der Waals surface area contributed by atoms with Crippen molar-refractivity contribution in [1.82, 2.24) is 9.78 Å². The van der Waals surface area contributed by atoms with Gasteiger partial charge in [0.05, 0.1) is 6.54 Å². The topological polar surface area (TPSA) is 43.8 Å². The highest BCUT2D eigenvalue weighted by Crippen LogP contribution is 2.23. The third-order valence-corrected chi connectivity index (χ3v) is 3.09. The van der Waals surface area contributed by atoms with Gasteiger partial charge in [0.2, 0.25) is 0 Å². The van der Waals surface area contributed by atoms with Gasteiger partial charge in [-0.3, -0.25) is 4.68 Å². The zero-order valence-electron chi connectivity index (χ0n) is 9.37. The maximum Gasteiger partial charge on any atom is 0.148 e. The summed E-state index contributed by atoms with van der Waals surface area (Å²) < 4.78 is 2.25. The van der Waals surface area contributed by atoms with Crippen molar-refractivity contribution in [2.24, 2.45) is 0 Å². The number of rotatable bonds is 3. The first-order chi connectivity index (χ1) is 6.38. The maximum atomic E-state index is 5.66. The van der Waals surface area contributed by atoms with Gasteiger partial charge in [-0.15, -0.1) is 0 Å². The van der Waals surface area contributed by atoms with E-state index in [9.17, 15) is 0 Å². The zero-order chi connectivity index (χ0) is 10.8. The molecular formula is C10H19N3S. The fraction of sp³-hybridized carbons (Fsp3) is 0.700. The largest absolute Gasteiger partial charge is 0.382 e. The van der Waals surface area contributed by atoms with Crippen LogP contribution in [0.25, 0.3) is 0 Å². The van der Waals surface area contributed by atoms with Crippen LogP contribution in [0.15, 0.2) is 6.20 Å². The molecule has 3 nitrogen and oxygen atoms in total. The van der Waals surface area contributed by atoms with Crippen molar-refractivity contribution in [3.63, 3.8) is 0 Å². The van der Waals surface area contributed by atoms with E-state index in [0.29, 0.717) is 10.6 Å². The molecule has 0 unspecified atom stereocenters. The van der Waals surface area contributed by atoms with E-state index >= 15 is 0 Å². The molecule has 14 heavy (non-hydrogen) atoms. The van der Waals surface area contributed by atoms with E-state index in [1.807, 2.05) is 29.6 Å². The Hall–Kier alpha value is -0.640. The Bertz CT molecular complexity index is 279. The van der Waals surface area contributed by atoms with Crippen molar-refractivity contribution < 1.29 is 0 Å². The van der Waals surface area contributed by atoms with E-state index in [1.165, 1.54) is 0 Å². The Morgan fingerprint density at radius 3 is 2.57 bits per heavy atom. The minimum atomic E-state index is 0.327. The summed E-state index contributed by atoms with van der Waals surface area (Å²) in [4.78, 5) is 0. The molecule has 0 aliphatic rings. The van der Waals surface area contributed by atoms with Crippen molar-refractivity contribution in [1.29, 1.82) is 0 Å². The molecule has 0 atom stereocenters. The van der Waals surface area contributed by atoms with Crippen molar-refractivity contribution in [2.45, 2.75) is 39.0 Å². The number of nitrogens with two attached hydrogens (primary N) is 1. The Morgan fingerprint density at radius 2 is 2.14 bits per heavy atom. The number of hydrogen-bond donors (Lipinski definition) is 1.